The van der Waals surface area contributed by atoms with Gasteiger partial charge >= 0.3 is 11.9 Å². The maximum absolute atomic E-state index is 11.1. The number of nitrogens with two attached hydrogens (primary N) is 1. The lowest BCUT2D eigenvalue weighted by Crippen LogP contribution is -2.31. The fraction of sp³-hybridized carbons (Fsp3) is 0.692. The Morgan fingerprint density at radius 2 is 1.83 bits per heavy atom. The summed E-state index contributed by atoms with van der Waals surface area (Å²) >= 11 is 0. The second-order valence-electron chi connectivity index (χ2n) is 3.57. The Morgan fingerprint density at radius 1 is 1.17 bits per heavy atom. The fourth-order valence-corrected chi connectivity index (χ4v) is 1.16. The van der Waals surface area contributed by atoms with Gasteiger partial charge in [0.15, 0.2) is 0 Å². The minimum atomic E-state index is -0.692. The second kappa shape index (κ2) is 10.6. The van der Waals surface area contributed by atoms with Crippen LogP contribution >= 0.6 is 0 Å². The van der Waals surface area contributed by atoms with Crippen LogP contribution in [0.25, 0.3) is 0 Å². The van der Waals surface area contributed by atoms with E-state index in [1.807, 2.05) is 0 Å². The van der Waals surface area contributed by atoms with Crippen LogP contribution in [-0.2, 0) is 19.1 Å². The maximum atomic E-state index is 11.1. The summed E-state index contributed by atoms with van der Waals surface area (Å²) in [7, 11) is 0. The van der Waals surface area contributed by atoms with Gasteiger partial charge in [-0.15, -0.1) is 11.8 Å². The molecule has 2 N–H and O–H groups in total. The number of unbranched alkanes of at least 4 members (excludes halogenated alkanes) is 1. The second-order valence-corrected chi connectivity index (χ2v) is 3.57. The van der Waals surface area contributed by atoms with E-state index in [0.29, 0.717) is 32.5 Å². The van der Waals surface area contributed by atoms with Gasteiger partial charge in [0.1, 0.15) is 6.04 Å². The fourth-order valence-electron chi connectivity index (χ4n) is 1.16. The molecule has 1 unspecified atom stereocenters. The monoisotopic (exact) mass is 255 g/mol. The Hall–Kier alpha value is -1.54. The van der Waals surface area contributed by atoms with Crippen molar-refractivity contribution in [2.24, 2.45) is 5.73 Å². The zero-order valence-electron chi connectivity index (χ0n) is 11.0. The predicted molar refractivity (Wildman–Crippen MR) is 67.5 cm³/mol. The lowest BCUT2D eigenvalue weighted by molar-refractivity contribution is -0.144. The quantitative estimate of drug-likeness (QED) is 0.417. The minimum absolute atomic E-state index is 0.206. The molecule has 0 radical (unpaired) electrons. The zero-order valence-corrected chi connectivity index (χ0v) is 11.0. The number of esters is 2. The van der Waals surface area contributed by atoms with Gasteiger partial charge in [0, 0.05) is 19.3 Å². The van der Waals surface area contributed by atoms with Crippen molar-refractivity contribution in [1.29, 1.82) is 0 Å². The molecule has 0 fully saturated rings. The Labute approximate surface area is 108 Å². The van der Waals surface area contributed by atoms with Crippen LogP contribution < -0.4 is 5.73 Å². The van der Waals surface area contributed by atoms with Crippen LogP contribution in [-0.4, -0.2) is 31.2 Å². The number of carbonyl (C=O) groups excluding carboxylic acids is 2. The highest BCUT2D eigenvalue weighted by atomic mass is 16.5. The van der Waals surface area contributed by atoms with Gasteiger partial charge in [-0.3, -0.25) is 9.59 Å². The molecule has 1 atom stereocenters. The normalized spacial score (nSPS) is 11.1. The number of ether oxygens (including phenoxy) is 2. The Morgan fingerprint density at radius 3 is 2.44 bits per heavy atom. The van der Waals surface area contributed by atoms with E-state index < -0.39 is 12.0 Å². The predicted octanol–water partition coefficient (Wildman–Crippen LogP) is 1.00. The van der Waals surface area contributed by atoms with Gasteiger partial charge in [0.2, 0.25) is 0 Å². The van der Waals surface area contributed by atoms with Crippen LogP contribution in [0, 0.1) is 11.8 Å². The van der Waals surface area contributed by atoms with E-state index in [2.05, 4.69) is 11.8 Å². The minimum Gasteiger partial charge on any atom is -0.466 e. The zero-order chi connectivity index (χ0) is 13.8. The summed E-state index contributed by atoms with van der Waals surface area (Å²) in [5, 5.41) is 0. The molecular weight excluding hydrogens is 234 g/mol. The molecule has 0 aliphatic heterocycles. The average molecular weight is 255 g/mol. The molecule has 0 bridgehead atoms. The molecule has 5 heteroatoms. The summed E-state index contributed by atoms with van der Waals surface area (Å²) in [6.45, 7) is 4.22. The smallest absolute Gasteiger partial charge is 0.323 e. The maximum Gasteiger partial charge on any atom is 0.323 e. The van der Waals surface area contributed by atoms with Crippen LogP contribution in [0.15, 0.2) is 0 Å². The molecule has 5 nitrogen and oxygen atoms in total. The van der Waals surface area contributed by atoms with Gasteiger partial charge < -0.3 is 15.2 Å². The standard InChI is InChI=1S/C13H21NO4/c1-3-17-12(15)10-8-6-5-7-9-11(14)13(16)18-4-2/h11H,3-4,6,8-10,14H2,1-2H3. The molecule has 102 valence electrons. The molecule has 0 aliphatic carbocycles. The third kappa shape index (κ3) is 8.59. The SMILES string of the molecule is CCOC(=O)CCCC#CCC(N)C(=O)OCC. The highest BCUT2D eigenvalue weighted by Crippen LogP contribution is 1.97. The van der Waals surface area contributed by atoms with E-state index in [-0.39, 0.29) is 12.4 Å². The summed E-state index contributed by atoms with van der Waals surface area (Å²) in [4.78, 5) is 22.1. The highest BCUT2D eigenvalue weighted by molar-refractivity contribution is 5.75. The van der Waals surface area contributed by atoms with Gasteiger partial charge in [0.05, 0.1) is 13.2 Å². The van der Waals surface area contributed by atoms with Crippen molar-refractivity contribution in [2.75, 3.05) is 13.2 Å². The van der Waals surface area contributed by atoms with E-state index in [0.717, 1.165) is 0 Å². The van der Waals surface area contributed by atoms with Gasteiger partial charge in [-0.05, 0) is 20.3 Å². The Balaban J connectivity index is 3.66. The molecule has 0 aliphatic rings. The first-order chi connectivity index (χ1) is 8.61. The van der Waals surface area contributed by atoms with Crippen LogP contribution in [0.3, 0.4) is 0 Å². The summed E-state index contributed by atoms with van der Waals surface area (Å²) in [6, 6.07) is -0.692. The lowest BCUT2D eigenvalue weighted by atomic mass is 10.2. The Kier molecular flexibility index (Phi) is 9.70. The van der Waals surface area contributed by atoms with Crippen molar-refractivity contribution in [3.05, 3.63) is 0 Å². The summed E-state index contributed by atoms with van der Waals surface area (Å²) in [5.74, 6) is 5.03. The van der Waals surface area contributed by atoms with Crippen molar-refractivity contribution in [2.45, 2.75) is 45.6 Å². The molecule has 0 aromatic heterocycles. The van der Waals surface area contributed by atoms with Crippen LogP contribution in [0.2, 0.25) is 0 Å². The van der Waals surface area contributed by atoms with Crippen LogP contribution in [0.5, 0.6) is 0 Å². The van der Waals surface area contributed by atoms with Gasteiger partial charge in [-0.2, -0.15) is 0 Å². The van der Waals surface area contributed by atoms with E-state index >= 15 is 0 Å². The summed E-state index contributed by atoms with van der Waals surface area (Å²) in [5.41, 5.74) is 5.55. The molecule has 0 spiro atoms. The van der Waals surface area contributed by atoms with Gasteiger partial charge in [0.25, 0.3) is 0 Å². The first-order valence-electron chi connectivity index (χ1n) is 6.15. The van der Waals surface area contributed by atoms with Crippen LogP contribution in [0.1, 0.15) is 39.5 Å². The number of carbonyl (C=O) groups is 2. The number of rotatable bonds is 7. The molecule has 0 heterocycles. The molecule has 0 rings (SSSR count). The van der Waals surface area contributed by atoms with Crippen molar-refractivity contribution >= 4 is 11.9 Å². The lowest BCUT2D eigenvalue weighted by Gasteiger charge is -2.05. The number of hydrogen-bond donors (Lipinski definition) is 1. The van der Waals surface area contributed by atoms with Crippen molar-refractivity contribution in [1.82, 2.24) is 0 Å². The molecule has 0 aromatic carbocycles. The topological polar surface area (TPSA) is 78.6 Å². The van der Waals surface area contributed by atoms with Crippen molar-refractivity contribution in [3.63, 3.8) is 0 Å². The average Bonchev–Trinajstić information content (AvgIpc) is 2.33. The molecule has 0 saturated carbocycles. The van der Waals surface area contributed by atoms with Gasteiger partial charge in [-0.1, -0.05) is 0 Å². The van der Waals surface area contributed by atoms with Crippen LogP contribution in [0.4, 0.5) is 0 Å². The third-order valence-corrected chi connectivity index (χ3v) is 2.02. The molecule has 0 aromatic rings. The molecule has 18 heavy (non-hydrogen) atoms. The van der Waals surface area contributed by atoms with Crippen molar-refractivity contribution in [3.8, 4) is 11.8 Å². The summed E-state index contributed by atoms with van der Waals surface area (Å²) in [6.07, 6.45) is 1.89. The highest BCUT2D eigenvalue weighted by Gasteiger charge is 2.12. The Bertz CT molecular complexity index is 317. The first kappa shape index (κ1) is 16.5. The molecule has 0 amide bonds. The molecule has 0 saturated heterocycles. The third-order valence-electron chi connectivity index (χ3n) is 2.02. The molecular formula is C13H21NO4. The van der Waals surface area contributed by atoms with Gasteiger partial charge in [-0.25, -0.2) is 0 Å². The van der Waals surface area contributed by atoms with E-state index in [1.165, 1.54) is 0 Å². The first-order valence-corrected chi connectivity index (χ1v) is 6.15. The summed E-state index contributed by atoms with van der Waals surface area (Å²) < 4.78 is 9.52. The number of hydrogen-bond acceptors (Lipinski definition) is 5. The van der Waals surface area contributed by atoms with E-state index in [1.54, 1.807) is 13.8 Å². The van der Waals surface area contributed by atoms with E-state index in [4.69, 9.17) is 15.2 Å². The largest absolute Gasteiger partial charge is 0.466 e. The van der Waals surface area contributed by atoms with Crippen molar-refractivity contribution < 1.29 is 19.1 Å². The van der Waals surface area contributed by atoms with E-state index in [9.17, 15) is 9.59 Å².